The minimum atomic E-state index is -0.426. The van der Waals surface area contributed by atoms with E-state index in [1.54, 1.807) is 0 Å². The molecule has 2 N–H and O–H groups in total. The molecule has 0 spiro atoms. The van der Waals surface area contributed by atoms with Gasteiger partial charge in [-0.2, -0.15) is 0 Å². The zero-order valence-electron chi connectivity index (χ0n) is 11.2. The summed E-state index contributed by atoms with van der Waals surface area (Å²) in [5.74, 6) is 0. The molecule has 1 aliphatic heterocycles. The quantitative estimate of drug-likeness (QED) is 0.765. The van der Waals surface area contributed by atoms with Crippen molar-refractivity contribution in [2.24, 2.45) is 5.73 Å². The van der Waals surface area contributed by atoms with Crippen molar-refractivity contribution in [2.45, 2.75) is 70.1 Å². The maximum Gasteiger partial charge on any atom is 0.410 e. The number of amides is 1. The Morgan fingerprint density at radius 2 is 2.00 bits per heavy atom. The predicted octanol–water partition coefficient (Wildman–Crippen LogP) is 2.27. The summed E-state index contributed by atoms with van der Waals surface area (Å²) in [5.41, 5.74) is 5.71. The van der Waals surface area contributed by atoms with Crippen LogP contribution in [0.4, 0.5) is 4.79 Å². The predicted molar refractivity (Wildman–Crippen MR) is 66.7 cm³/mol. The van der Waals surface area contributed by atoms with E-state index < -0.39 is 5.60 Å². The van der Waals surface area contributed by atoms with E-state index in [0.717, 1.165) is 32.2 Å². The number of ether oxygens (including phenoxy) is 1. The molecule has 1 saturated carbocycles. The molecule has 2 fully saturated rings. The summed E-state index contributed by atoms with van der Waals surface area (Å²) in [4.78, 5) is 14.0. The van der Waals surface area contributed by atoms with Crippen molar-refractivity contribution in [2.75, 3.05) is 6.54 Å². The molecule has 4 heteroatoms. The molecule has 98 valence electrons. The highest BCUT2D eigenvalue weighted by atomic mass is 16.6. The highest BCUT2D eigenvalue weighted by Crippen LogP contribution is 2.42. The van der Waals surface area contributed by atoms with Gasteiger partial charge in [0.05, 0.1) is 6.04 Å². The molecule has 1 heterocycles. The van der Waals surface area contributed by atoms with Gasteiger partial charge in [0.15, 0.2) is 0 Å². The Labute approximate surface area is 103 Å². The Bertz CT molecular complexity index is 305. The zero-order valence-corrected chi connectivity index (χ0v) is 11.2. The number of nitrogens with two attached hydrogens (primary N) is 1. The molecule has 1 aliphatic carbocycles. The molecule has 17 heavy (non-hydrogen) atoms. The van der Waals surface area contributed by atoms with Crippen LogP contribution in [0.1, 0.15) is 52.9 Å². The van der Waals surface area contributed by atoms with Crippen LogP contribution in [0.3, 0.4) is 0 Å². The van der Waals surface area contributed by atoms with E-state index in [1.807, 2.05) is 25.7 Å². The minimum Gasteiger partial charge on any atom is -0.444 e. The number of piperidine rings is 1. The van der Waals surface area contributed by atoms with E-state index in [2.05, 4.69) is 0 Å². The standard InChI is InChI=1S/C13H24N2O2/c1-12(2,3)17-11(16)15-9-5-4-6-10(15)13(14)7-8-13/h10H,4-9,14H2,1-3H3/t10-/m1/s1. The van der Waals surface area contributed by atoms with E-state index in [4.69, 9.17) is 10.5 Å². The summed E-state index contributed by atoms with van der Waals surface area (Å²) in [6.45, 7) is 6.50. The first-order chi connectivity index (χ1) is 7.82. The fraction of sp³-hybridized carbons (Fsp3) is 0.923. The first kappa shape index (κ1) is 12.7. The molecule has 0 aromatic rings. The number of rotatable bonds is 1. The first-order valence-corrected chi connectivity index (χ1v) is 6.60. The topological polar surface area (TPSA) is 55.6 Å². The van der Waals surface area contributed by atoms with Crippen molar-refractivity contribution in [3.8, 4) is 0 Å². The van der Waals surface area contributed by atoms with Crippen LogP contribution in [0.2, 0.25) is 0 Å². The summed E-state index contributed by atoms with van der Waals surface area (Å²) < 4.78 is 5.46. The molecule has 2 aliphatic rings. The largest absolute Gasteiger partial charge is 0.444 e. The van der Waals surface area contributed by atoms with Gasteiger partial charge in [-0.05, 0) is 52.9 Å². The van der Waals surface area contributed by atoms with Gasteiger partial charge in [-0.25, -0.2) is 4.79 Å². The summed E-state index contributed by atoms with van der Waals surface area (Å²) in [6.07, 6.45) is 5.14. The molecular formula is C13H24N2O2. The van der Waals surface area contributed by atoms with Crippen molar-refractivity contribution < 1.29 is 9.53 Å². The Balaban J connectivity index is 2.03. The summed E-state index contributed by atoms with van der Waals surface area (Å²) >= 11 is 0. The van der Waals surface area contributed by atoms with Gasteiger partial charge in [-0.3, -0.25) is 0 Å². The lowest BCUT2D eigenvalue weighted by molar-refractivity contribution is 0.00507. The Morgan fingerprint density at radius 1 is 1.35 bits per heavy atom. The van der Waals surface area contributed by atoms with Crippen LogP contribution >= 0.6 is 0 Å². The summed E-state index contributed by atoms with van der Waals surface area (Å²) in [7, 11) is 0. The van der Waals surface area contributed by atoms with Gasteiger partial charge in [0.25, 0.3) is 0 Å². The zero-order chi connectivity index (χ0) is 12.7. The molecule has 2 rings (SSSR count). The molecular weight excluding hydrogens is 216 g/mol. The molecule has 0 radical (unpaired) electrons. The third-order valence-electron chi connectivity index (χ3n) is 3.62. The second kappa shape index (κ2) is 4.16. The van der Waals surface area contributed by atoms with Crippen molar-refractivity contribution in [1.82, 2.24) is 4.90 Å². The van der Waals surface area contributed by atoms with Gasteiger partial charge in [0, 0.05) is 12.1 Å². The monoisotopic (exact) mass is 240 g/mol. The summed E-state index contributed by atoms with van der Waals surface area (Å²) in [6, 6.07) is 0.186. The lowest BCUT2D eigenvalue weighted by Gasteiger charge is -2.40. The minimum absolute atomic E-state index is 0.128. The van der Waals surface area contributed by atoms with Crippen molar-refractivity contribution in [1.29, 1.82) is 0 Å². The lowest BCUT2D eigenvalue weighted by Crippen LogP contribution is -2.55. The van der Waals surface area contributed by atoms with Crippen molar-refractivity contribution >= 4 is 6.09 Å². The second-order valence-corrected chi connectivity index (χ2v) is 6.42. The SMILES string of the molecule is CC(C)(C)OC(=O)N1CCCC[C@@H]1C1(N)CC1. The Morgan fingerprint density at radius 3 is 2.53 bits per heavy atom. The molecule has 4 nitrogen and oxygen atoms in total. The van der Waals surface area contributed by atoms with Gasteiger partial charge in [-0.15, -0.1) is 0 Å². The molecule has 0 bridgehead atoms. The average molecular weight is 240 g/mol. The number of nitrogens with zero attached hydrogens (tertiary/aromatic N) is 1. The van der Waals surface area contributed by atoms with Gasteiger partial charge >= 0.3 is 6.09 Å². The molecule has 1 amide bonds. The van der Waals surface area contributed by atoms with Crippen LogP contribution in [0, 0.1) is 0 Å². The van der Waals surface area contributed by atoms with Crippen LogP contribution < -0.4 is 5.73 Å². The van der Waals surface area contributed by atoms with Crippen LogP contribution in [0.5, 0.6) is 0 Å². The lowest BCUT2D eigenvalue weighted by atomic mass is 9.94. The fourth-order valence-electron chi connectivity index (χ4n) is 2.55. The third-order valence-corrected chi connectivity index (χ3v) is 3.62. The van der Waals surface area contributed by atoms with E-state index in [1.165, 1.54) is 6.42 Å². The maximum atomic E-state index is 12.1. The van der Waals surface area contributed by atoms with Crippen LogP contribution in [0.25, 0.3) is 0 Å². The Kier molecular flexibility index (Phi) is 3.10. The maximum absolute atomic E-state index is 12.1. The van der Waals surface area contributed by atoms with Crippen LogP contribution in [-0.2, 0) is 4.74 Å². The number of likely N-dealkylation sites (tertiary alicyclic amines) is 1. The molecule has 0 unspecified atom stereocenters. The highest BCUT2D eigenvalue weighted by Gasteiger charge is 2.50. The highest BCUT2D eigenvalue weighted by molar-refractivity contribution is 5.69. The average Bonchev–Trinajstić information content (AvgIpc) is 2.95. The van der Waals surface area contributed by atoms with Crippen molar-refractivity contribution in [3.63, 3.8) is 0 Å². The number of hydrogen-bond donors (Lipinski definition) is 1. The molecule has 0 aromatic heterocycles. The van der Waals surface area contributed by atoms with Crippen LogP contribution in [0.15, 0.2) is 0 Å². The fourth-order valence-corrected chi connectivity index (χ4v) is 2.55. The van der Waals surface area contributed by atoms with Gasteiger partial charge in [-0.1, -0.05) is 0 Å². The first-order valence-electron chi connectivity index (χ1n) is 6.60. The normalized spacial score (nSPS) is 27.8. The molecule has 0 aromatic carbocycles. The molecule has 1 saturated heterocycles. The van der Waals surface area contributed by atoms with E-state index in [9.17, 15) is 4.79 Å². The Hall–Kier alpha value is -0.770. The van der Waals surface area contributed by atoms with Crippen LogP contribution in [-0.4, -0.2) is 34.7 Å². The number of hydrogen-bond acceptors (Lipinski definition) is 3. The smallest absolute Gasteiger partial charge is 0.410 e. The van der Waals surface area contributed by atoms with E-state index >= 15 is 0 Å². The third kappa shape index (κ3) is 2.92. The van der Waals surface area contributed by atoms with Gasteiger partial charge < -0.3 is 15.4 Å². The van der Waals surface area contributed by atoms with E-state index in [-0.39, 0.29) is 17.7 Å². The number of carbonyl (C=O) groups is 1. The van der Waals surface area contributed by atoms with E-state index in [0.29, 0.717) is 0 Å². The summed E-state index contributed by atoms with van der Waals surface area (Å²) in [5, 5.41) is 0. The van der Waals surface area contributed by atoms with Gasteiger partial charge in [0.1, 0.15) is 5.60 Å². The van der Waals surface area contributed by atoms with Crippen molar-refractivity contribution in [3.05, 3.63) is 0 Å². The molecule has 1 atom stereocenters. The van der Waals surface area contributed by atoms with Gasteiger partial charge in [0.2, 0.25) is 0 Å². The second-order valence-electron chi connectivity index (χ2n) is 6.42. The number of carbonyl (C=O) groups excluding carboxylic acids is 1.